The summed E-state index contributed by atoms with van der Waals surface area (Å²) < 4.78 is 0. The van der Waals surface area contributed by atoms with E-state index in [1.54, 1.807) is 6.20 Å². The first-order chi connectivity index (χ1) is 5.84. The first-order valence-electron chi connectivity index (χ1n) is 4.24. The Morgan fingerprint density at radius 1 is 1.42 bits per heavy atom. The van der Waals surface area contributed by atoms with Crippen molar-refractivity contribution in [1.82, 2.24) is 4.98 Å². The summed E-state index contributed by atoms with van der Waals surface area (Å²) in [6.07, 6.45) is 8.85. The smallest absolute Gasteiger partial charge is 0.123 e. The quantitative estimate of drug-likeness (QED) is 0.719. The molecule has 0 aromatic carbocycles. The first kappa shape index (κ1) is 7.35. The molecule has 2 rings (SSSR count). The zero-order valence-corrected chi connectivity index (χ0v) is 6.90. The average molecular weight is 160 g/mol. The lowest BCUT2D eigenvalue weighted by molar-refractivity contribution is 1.13. The number of pyridine rings is 1. The Morgan fingerprint density at radius 3 is 2.83 bits per heavy atom. The number of aromatic nitrogens is 1. The van der Waals surface area contributed by atoms with Crippen LogP contribution in [0, 0.1) is 5.92 Å². The van der Waals surface area contributed by atoms with Gasteiger partial charge in [-0.2, -0.15) is 0 Å². The summed E-state index contributed by atoms with van der Waals surface area (Å²) in [5.41, 5.74) is 6.60. The number of anilines is 1. The second-order valence-corrected chi connectivity index (χ2v) is 3.21. The van der Waals surface area contributed by atoms with E-state index >= 15 is 0 Å². The Kier molecular flexibility index (Phi) is 1.82. The fourth-order valence-corrected chi connectivity index (χ4v) is 1.05. The van der Waals surface area contributed by atoms with E-state index in [9.17, 15) is 0 Å². The molecule has 1 aromatic heterocycles. The summed E-state index contributed by atoms with van der Waals surface area (Å²) in [6, 6.07) is 3.81. The van der Waals surface area contributed by atoms with Crippen molar-refractivity contribution in [3.63, 3.8) is 0 Å². The highest BCUT2D eigenvalue weighted by Gasteiger charge is 2.16. The predicted octanol–water partition coefficient (Wildman–Crippen LogP) is 2.09. The third kappa shape index (κ3) is 1.84. The third-order valence-electron chi connectivity index (χ3n) is 1.99. The van der Waals surface area contributed by atoms with Gasteiger partial charge in [0.2, 0.25) is 0 Å². The van der Waals surface area contributed by atoms with Gasteiger partial charge in [0, 0.05) is 6.20 Å². The Labute approximate surface area is 72.1 Å². The van der Waals surface area contributed by atoms with Crippen LogP contribution in [0.3, 0.4) is 0 Å². The van der Waals surface area contributed by atoms with E-state index in [-0.39, 0.29) is 0 Å². The fourth-order valence-electron chi connectivity index (χ4n) is 1.05. The van der Waals surface area contributed by atoms with Crippen molar-refractivity contribution in [3.8, 4) is 0 Å². The molecular formula is C10H12N2. The zero-order valence-electron chi connectivity index (χ0n) is 6.90. The number of nitrogens with two attached hydrogens (primary N) is 1. The number of rotatable bonds is 2. The second-order valence-electron chi connectivity index (χ2n) is 3.21. The molecule has 1 aliphatic rings. The van der Waals surface area contributed by atoms with Gasteiger partial charge >= 0.3 is 0 Å². The van der Waals surface area contributed by atoms with Crippen LogP contribution in [0.1, 0.15) is 18.4 Å². The summed E-state index contributed by atoms with van der Waals surface area (Å²) in [4.78, 5) is 4.00. The molecule has 2 heteroatoms. The van der Waals surface area contributed by atoms with Crippen LogP contribution >= 0.6 is 0 Å². The molecule has 2 nitrogen and oxygen atoms in total. The van der Waals surface area contributed by atoms with Crippen LogP contribution in [-0.4, -0.2) is 4.98 Å². The van der Waals surface area contributed by atoms with Crippen molar-refractivity contribution < 1.29 is 0 Å². The number of hydrogen-bond acceptors (Lipinski definition) is 2. The second kappa shape index (κ2) is 2.97. The van der Waals surface area contributed by atoms with Crippen LogP contribution in [-0.2, 0) is 0 Å². The lowest BCUT2D eigenvalue weighted by Gasteiger charge is -1.92. The molecule has 0 amide bonds. The zero-order chi connectivity index (χ0) is 8.39. The van der Waals surface area contributed by atoms with E-state index in [4.69, 9.17) is 5.73 Å². The molecule has 1 heterocycles. The van der Waals surface area contributed by atoms with Gasteiger partial charge in [0.05, 0.1) is 0 Å². The molecule has 62 valence electrons. The third-order valence-corrected chi connectivity index (χ3v) is 1.99. The van der Waals surface area contributed by atoms with Gasteiger partial charge in [0.1, 0.15) is 5.82 Å². The lowest BCUT2D eigenvalue weighted by Crippen LogP contribution is -1.87. The van der Waals surface area contributed by atoms with Gasteiger partial charge in [-0.05, 0) is 36.5 Å². The van der Waals surface area contributed by atoms with Crippen LogP contribution in [0.25, 0.3) is 6.08 Å². The summed E-state index contributed by atoms with van der Waals surface area (Å²) in [5.74, 6) is 1.40. The molecule has 12 heavy (non-hydrogen) atoms. The highest BCUT2D eigenvalue weighted by molar-refractivity contribution is 5.50. The van der Waals surface area contributed by atoms with Gasteiger partial charge < -0.3 is 5.73 Å². The van der Waals surface area contributed by atoms with Gasteiger partial charge in [-0.15, -0.1) is 0 Å². The summed E-state index contributed by atoms with van der Waals surface area (Å²) >= 11 is 0. The molecule has 0 aliphatic heterocycles. The average Bonchev–Trinajstić information content (AvgIpc) is 2.87. The molecule has 0 saturated heterocycles. The first-order valence-corrected chi connectivity index (χ1v) is 4.24. The Bertz CT molecular complexity index is 283. The van der Waals surface area contributed by atoms with Crippen LogP contribution in [0.5, 0.6) is 0 Å². The van der Waals surface area contributed by atoms with Crippen LogP contribution in [0.15, 0.2) is 24.4 Å². The molecule has 0 bridgehead atoms. The van der Waals surface area contributed by atoms with Crippen LogP contribution in [0.4, 0.5) is 5.82 Å². The Morgan fingerprint density at radius 2 is 2.25 bits per heavy atom. The predicted molar refractivity (Wildman–Crippen MR) is 50.4 cm³/mol. The van der Waals surface area contributed by atoms with Crippen molar-refractivity contribution in [1.29, 1.82) is 0 Å². The molecule has 1 fully saturated rings. The van der Waals surface area contributed by atoms with E-state index in [1.807, 2.05) is 12.1 Å². The van der Waals surface area contributed by atoms with Crippen molar-refractivity contribution in [2.24, 2.45) is 5.92 Å². The normalized spacial score (nSPS) is 17.0. The van der Waals surface area contributed by atoms with Crippen LogP contribution < -0.4 is 5.73 Å². The molecule has 1 aromatic rings. The highest BCUT2D eigenvalue weighted by atomic mass is 14.8. The Hall–Kier alpha value is -1.31. The maximum absolute atomic E-state index is 5.46. The van der Waals surface area contributed by atoms with Gasteiger partial charge in [-0.25, -0.2) is 4.98 Å². The topological polar surface area (TPSA) is 38.9 Å². The maximum atomic E-state index is 5.46. The van der Waals surface area contributed by atoms with Crippen molar-refractivity contribution >= 4 is 11.9 Å². The van der Waals surface area contributed by atoms with E-state index in [0.29, 0.717) is 5.82 Å². The highest BCUT2D eigenvalue weighted by Crippen LogP contribution is 2.30. The maximum Gasteiger partial charge on any atom is 0.123 e. The van der Waals surface area contributed by atoms with E-state index in [0.717, 1.165) is 11.5 Å². The Balaban J connectivity index is 2.07. The molecule has 0 unspecified atom stereocenters. The summed E-state index contributed by atoms with van der Waals surface area (Å²) in [6.45, 7) is 0. The van der Waals surface area contributed by atoms with Gasteiger partial charge in [-0.1, -0.05) is 12.2 Å². The molecule has 0 radical (unpaired) electrons. The minimum absolute atomic E-state index is 0.582. The van der Waals surface area contributed by atoms with Gasteiger partial charge in [0.15, 0.2) is 0 Å². The van der Waals surface area contributed by atoms with E-state index < -0.39 is 0 Å². The monoisotopic (exact) mass is 160 g/mol. The largest absolute Gasteiger partial charge is 0.384 e. The molecule has 0 atom stereocenters. The van der Waals surface area contributed by atoms with E-state index in [2.05, 4.69) is 17.1 Å². The fraction of sp³-hybridized carbons (Fsp3) is 0.300. The summed E-state index contributed by atoms with van der Waals surface area (Å²) in [7, 11) is 0. The molecule has 2 N–H and O–H groups in total. The molecular weight excluding hydrogens is 148 g/mol. The molecule has 1 aliphatic carbocycles. The van der Waals surface area contributed by atoms with E-state index in [1.165, 1.54) is 12.8 Å². The van der Waals surface area contributed by atoms with Gasteiger partial charge in [0.25, 0.3) is 0 Å². The van der Waals surface area contributed by atoms with Crippen molar-refractivity contribution in [2.45, 2.75) is 12.8 Å². The minimum atomic E-state index is 0.582. The number of allylic oxidation sites excluding steroid dienone is 1. The SMILES string of the molecule is Nc1ccc(/C=C/C2CC2)cn1. The minimum Gasteiger partial charge on any atom is -0.384 e. The summed E-state index contributed by atoms with van der Waals surface area (Å²) in [5, 5.41) is 0. The number of hydrogen-bond donors (Lipinski definition) is 1. The van der Waals surface area contributed by atoms with Crippen molar-refractivity contribution in [2.75, 3.05) is 5.73 Å². The van der Waals surface area contributed by atoms with Gasteiger partial charge in [-0.3, -0.25) is 0 Å². The molecule has 0 spiro atoms. The lowest BCUT2D eigenvalue weighted by atomic mass is 10.2. The standard InChI is InChI=1S/C10H12N2/c11-10-6-5-9(7-12-10)4-3-8-1-2-8/h3-8H,1-2H2,(H2,11,12)/b4-3+. The number of nitrogens with zero attached hydrogens (tertiary/aromatic N) is 1. The molecule has 1 saturated carbocycles. The number of nitrogen functional groups attached to an aromatic ring is 1. The van der Waals surface area contributed by atoms with Crippen LogP contribution in [0.2, 0.25) is 0 Å². The van der Waals surface area contributed by atoms with Crippen molar-refractivity contribution in [3.05, 3.63) is 30.0 Å².